The highest BCUT2D eigenvalue weighted by atomic mass is 16.5. The first-order chi connectivity index (χ1) is 7.00. The Morgan fingerprint density at radius 3 is 2.27 bits per heavy atom. The Hall–Kier alpha value is -1.63. The van der Waals surface area contributed by atoms with Gasteiger partial charge in [-0.15, -0.1) is 0 Å². The molecule has 0 aromatic rings. The predicted octanol–water partition coefficient (Wildman–Crippen LogP) is -1.18. The van der Waals surface area contributed by atoms with E-state index >= 15 is 0 Å². The maximum absolute atomic E-state index is 11.2. The highest BCUT2D eigenvalue weighted by molar-refractivity contribution is 5.85. The average Bonchev–Trinajstić information content (AvgIpc) is 2.62. The second-order valence-corrected chi connectivity index (χ2v) is 3.14. The van der Waals surface area contributed by atoms with Crippen molar-refractivity contribution in [1.82, 2.24) is 5.32 Å². The van der Waals surface area contributed by atoms with Crippen LogP contribution < -0.4 is 5.32 Å². The maximum atomic E-state index is 11.2. The molecule has 1 aliphatic rings. The Morgan fingerprint density at radius 1 is 1.20 bits per heavy atom. The van der Waals surface area contributed by atoms with E-state index in [0.717, 1.165) is 0 Å². The van der Waals surface area contributed by atoms with Crippen molar-refractivity contribution in [2.24, 2.45) is 0 Å². The molecule has 7 nitrogen and oxygen atoms in total. The van der Waals surface area contributed by atoms with Crippen molar-refractivity contribution in [3.05, 3.63) is 0 Å². The van der Waals surface area contributed by atoms with Crippen molar-refractivity contribution in [1.29, 1.82) is 0 Å². The van der Waals surface area contributed by atoms with Crippen LogP contribution in [-0.2, 0) is 19.1 Å². The lowest BCUT2D eigenvalue weighted by molar-refractivity contribution is -0.152. The van der Waals surface area contributed by atoms with E-state index in [1.165, 1.54) is 0 Å². The molecule has 1 fully saturated rings. The number of rotatable bonds is 4. The minimum absolute atomic E-state index is 0.264. The summed E-state index contributed by atoms with van der Waals surface area (Å²) in [5.41, 5.74) is 0. The van der Waals surface area contributed by atoms with E-state index in [2.05, 4.69) is 5.32 Å². The van der Waals surface area contributed by atoms with Crippen LogP contribution in [0.3, 0.4) is 0 Å². The summed E-state index contributed by atoms with van der Waals surface area (Å²) in [6.07, 6.45) is -1.26. The molecular formula is C8H11NO6. The Labute approximate surface area is 85.0 Å². The largest absolute Gasteiger partial charge is 0.480 e. The maximum Gasteiger partial charge on any atom is 0.332 e. The third kappa shape index (κ3) is 3.21. The fraction of sp³-hybridized carbons (Fsp3) is 0.625. The monoisotopic (exact) mass is 217 g/mol. The van der Waals surface area contributed by atoms with Gasteiger partial charge in [-0.05, 0) is 12.8 Å². The Balaban J connectivity index is 2.36. The molecule has 2 unspecified atom stereocenters. The van der Waals surface area contributed by atoms with Gasteiger partial charge in [-0.3, -0.25) is 9.59 Å². The Kier molecular flexibility index (Phi) is 3.62. The first kappa shape index (κ1) is 11.4. The molecule has 0 aromatic heterocycles. The number of carboxylic acids is 2. The number of hydrogen-bond acceptors (Lipinski definition) is 4. The van der Waals surface area contributed by atoms with Gasteiger partial charge in [-0.1, -0.05) is 0 Å². The van der Waals surface area contributed by atoms with E-state index in [1.54, 1.807) is 0 Å². The Bertz CT molecular complexity index is 289. The van der Waals surface area contributed by atoms with Crippen LogP contribution in [-0.4, -0.2) is 46.8 Å². The summed E-state index contributed by atoms with van der Waals surface area (Å²) in [6, 6.07) is 0. The lowest BCUT2D eigenvalue weighted by Gasteiger charge is -2.10. The molecule has 1 heterocycles. The Morgan fingerprint density at radius 2 is 1.80 bits per heavy atom. The molecule has 0 bridgehead atoms. The minimum Gasteiger partial charge on any atom is -0.480 e. The van der Waals surface area contributed by atoms with Gasteiger partial charge in [0, 0.05) is 0 Å². The van der Waals surface area contributed by atoms with Crippen molar-refractivity contribution in [2.45, 2.75) is 25.0 Å². The zero-order valence-corrected chi connectivity index (χ0v) is 7.80. The molecule has 84 valence electrons. The van der Waals surface area contributed by atoms with Crippen molar-refractivity contribution in [3.63, 3.8) is 0 Å². The van der Waals surface area contributed by atoms with Crippen LogP contribution in [0.4, 0.5) is 0 Å². The van der Waals surface area contributed by atoms with Crippen LogP contribution in [0.2, 0.25) is 0 Å². The molecule has 2 atom stereocenters. The normalized spacial score (nSPS) is 24.8. The number of nitrogens with one attached hydrogen (secondary N) is 1. The highest BCUT2D eigenvalue weighted by Gasteiger charge is 2.34. The van der Waals surface area contributed by atoms with Crippen LogP contribution in [0.5, 0.6) is 0 Å². The van der Waals surface area contributed by atoms with E-state index in [-0.39, 0.29) is 6.42 Å². The molecule has 0 aromatic carbocycles. The number of carbonyl (C=O) groups is 3. The first-order valence-electron chi connectivity index (χ1n) is 4.38. The standard InChI is InChI=1S/C8H11NO6/c10-6(11)3-9-7(12)4-1-2-5(15-4)8(13)14/h4-5H,1-3H2,(H,9,12)(H,10,11)(H,13,14). The van der Waals surface area contributed by atoms with Gasteiger partial charge in [0.25, 0.3) is 0 Å². The fourth-order valence-corrected chi connectivity index (χ4v) is 1.29. The molecule has 0 spiro atoms. The van der Waals surface area contributed by atoms with Crippen molar-refractivity contribution >= 4 is 17.8 Å². The topological polar surface area (TPSA) is 113 Å². The molecule has 0 aliphatic carbocycles. The smallest absolute Gasteiger partial charge is 0.332 e. The van der Waals surface area contributed by atoms with Gasteiger partial charge in [0.1, 0.15) is 12.6 Å². The third-order valence-corrected chi connectivity index (χ3v) is 2.00. The molecule has 1 aliphatic heterocycles. The van der Waals surface area contributed by atoms with Crippen LogP contribution in [0.25, 0.3) is 0 Å². The van der Waals surface area contributed by atoms with Crippen molar-refractivity contribution in [3.8, 4) is 0 Å². The minimum atomic E-state index is -1.16. The van der Waals surface area contributed by atoms with Crippen LogP contribution in [0.1, 0.15) is 12.8 Å². The molecule has 3 N–H and O–H groups in total. The van der Waals surface area contributed by atoms with E-state index < -0.39 is 36.6 Å². The third-order valence-electron chi connectivity index (χ3n) is 2.00. The van der Waals surface area contributed by atoms with Gasteiger partial charge in [0.05, 0.1) is 0 Å². The van der Waals surface area contributed by atoms with Gasteiger partial charge in [0.15, 0.2) is 6.10 Å². The number of carbonyl (C=O) groups excluding carboxylic acids is 1. The molecule has 7 heteroatoms. The molecule has 0 saturated carbocycles. The average molecular weight is 217 g/mol. The number of amides is 1. The van der Waals surface area contributed by atoms with Gasteiger partial charge in [0.2, 0.25) is 5.91 Å². The van der Waals surface area contributed by atoms with E-state index in [9.17, 15) is 14.4 Å². The van der Waals surface area contributed by atoms with Gasteiger partial charge < -0.3 is 20.3 Å². The summed E-state index contributed by atoms with van der Waals surface area (Å²) in [5.74, 6) is -2.85. The molecule has 1 rings (SSSR count). The molecular weight excluding hydrogens is 206 g/mol. The SMILES string of the molecule is O=C(O)CNC(=O)C1CCC(C(=O)O)O1. The zero-order chi connectivity index (χ0) is 11.4. The van der Waals surface area contributed by atoms with Crippen LogP contribution >= 0.6 is 0 Å². The van der Waals surface area contributed by atoms with Crippen molar-refractivity contribution < 1.29 is 29.3 Å². The van der Waals surface area contributed by atoms with E-state index in [4.69, 9.17) is 14.9 Å². The predicted molar refractivity (Wildman–Crippen MR) is 46.2 cm³/mol. The number of ether oxygens (including phenoxy) is 1. The lowest BCUT2D eigenvalue weighted by Crippen LogP contribution is -2.38. The summed E-state index contributed by atoms with van der Waals surface area (Å²) >= 11 is 0. The number of carboxylic acid groups (broad SMARTS) is 2. The second-order valence-electron chi connectivity index (χ2n) is 3.14. The van der Waals surface area contributed by atoms with Gasteiger partial charge in [-0.2, -0.15) is 0 Å². The number of aliphatic carboxylic acids is 2. The summed E-state index contributed by atoms with van der Waals surface area (Å²) in [5, 5.41) is 19.0. The summed E-state index contributed by atoms with van der Waals surface area (Å²) < 4.78 is 4.91. The van der Waals surface area contributed by atoms with Crippen LogP contribution in [0, 0.1) is 0 Å². The van der Waals surface area contributed by atoms with E-state index in [0.29, 0.717) is 6.42 Å². The summed E-state index contributed by atoms with van der Waals surface area (Å²) in [6.45, 7) is -0.490. The second kappa shape index (κ2) is 4.74. The molecule has 1 amide bonds. The number of hydrogen-bond donors (Lipinski definition) is 3. The van der Waals surface area contributed by atoms with E-state index in [1.807, 2.05) is 0 Å². The summed E-state index contributed by atoms with van der Waals surface area (Å²) in [7, 11) is 0. The summed E-state index contributed by atoms with van der Waals surface area (Å²) in [4.78, 5) is 31.9. The van der Waals surface area contributed by atoms with Crippen molar-refractivity contribution in [2.75, 3.05) is 6.54 Å². The van der Waals surface area contributed by atoms with Gasteiger partial charge in [-0.25, -0.2) is 4.79 Å². The molecule has 15 heavy (non-hydrogen) atoms. The van der Waals surface area contributed by atoms with Gasteiger partial charge >= 0.3 is 11.9 Å². The van der Waals surface area contributed by atoms with Crippen LogP contribution in [0.15, 0.2) is 0 Å². The first-order valence-corrected chi connectivity index (χ1v) is 4.38. The fourth-order valence-electron chi connectivity index (χ4n) is 1.29. The lowest BCUT2D eigenvalue weighted by atomic mass is 10.2. The molecule has 0 radical (unpaired) electrons. The molecule has 1 saturated heterocycles. The zero-order valence-electron chi connectivity index (χ0n) is 7.80. The quantitative estimate of drug-likeness (QED) is 0.546. The highest BCUT2D eigenvalue weighted by Crippen LogP contribution is 2.19.